The SMILES string of the molecule is CCOc1cccc(C(O)=C2C(=O)C(=O)N(Cc3ccccc3)C2c2ccc(C(=O)OC)cc2)c1. The highest BCUT2D eigenvalue weighted by Gasteiger charge is 2.46. The van der Waals surface area contributed by atoms with E-state index in [0.717, 1.165) is 5.56 Å². The summed E-state index contributed by atoms with van der Waals surface area (Å²) in [6, 6.07) is 21.6. The number of carbonyl (C=O) groups is 3. The van der Waals surface area contributed by atoms with Crippen molar-refractivity contribution >= 4 is 23.4 Å². The molecule has 0 radical (unpaired) electrons. The standard InChI is InChI=1S/C28H25NO6/c1-3-35-22-11-7-10-21(16-22)25(30)23-24(19-12-14-20(15-13-19)28(33)34-2)29(27(32)26(23)31)17-18-8-5-4-6-9-18/h4-16,24,30H,3,17H2,1-2H3. The molecule has 7 nitrogen and oxygen atoms in total. The summed E-state index contributed by atoms with van der Waals surface area (Å²) in [5.41, 5.74) is 2.09. The molecule has 7 heteroatoms. The normalized spacial score (nSPS) is 16.9. The zero-order valence-corrected chi connectivity index (χ0v) is 19.4. The van der Waals surface area contributed by atoms with E-state index in [4.69, 9.17) is 9.47 Å². The highest BCUT2D eigenvalue weighted by molar-refractivity contribution is 6.46. The van der Waals surface area contributed by atoms with E-state index in [1.807, 2.05) is 37.3 Å². The van der Waals surface area contributed by atoms with Crippen molar-refractivity contribution in [1.82, 2.24) is 4.90 Å². The van der Waals surface area contributed by atoms with Gasteiger partial charge in [-0.1, -0.05) is 54.6 Å². The predicted molar refractivity (Wildman–Crippen MR) is 130 cm³/mol. The lowest BCUT2D eigenvalue weighted by Crippen LogP contribution is -2.29. The smallest absolute Gasteiger partial charge is 0.337 e. The Kier molecular flexibility index (Phi) is 6.96. The number of ketones is 1. The molecule has 1 aliphatic heterocycles. The Labute approximate surface area is 203 Å². The predicted octanol–water partition coefficient (Wildman–Crippen LogP) is 4.49. The number of hydrogen-bond acceptors (Lipinski definition) is 6. The molecule has 0 saturated carbocycles. The third kappa shape index (κ3) is 4.80. The van der Waals surface area contributed by atoms with E-state index in [-0.39, 0.29) is 17.9 Å². The summed E-state index contributed by atoms with van der Waals surface area (Å²) in [6.45, 7) is 2.46. The maximum atomic E-state index is 13.2. The van der Waals surface area contributed by atoms with Gasteiger partial charge in [-0.05, 0) is 42.3 Å². The fraction of sp³-hybridized carbons (Fsp3) is 0.179. The largest absolute Gasteiger partial charge is 0.507 e. The van der Waals surface area contributed by atoms with Crippen molar-refractivity contribution in [3.63, 3.8) is 0 Å². The van der Waals surface area contributed by atoms with Crippen LogP contribution in [0, 0.1) is 0 Å². The number of amides is 1. The number of ether oxygens (including phenoxy) is 2. The Hall–Kier alpha value is -4.39. The molecule has 1 saturated heterocycles. The molecule has 4 rings (SSSR count). The molecule has 0 aromatic heterocycles. The highest BCUT2D eigenvalue weighted by Crippen LogP contribution is 2.40. The van der Waals surface area contributed by atoms with Crippen LogP contribution in [-0.4, -0.2) is 41.4 Å². The summed E-state index contributed by atoms with van der Waals surface area (Å²) < 4.78 is 10.3. The molecular weight excluding hydrogens is 446 g/mol. The number of Topliss-reactive ketones (excluding diaryl/α,β-unsaturated/α-hetero) is 1. The van der Waals surface area contributed by atoms with Crippen molar-refractivity contribution in [3.8, 4) is 5.75 Å². The van der Waals surface area contributed by atoms with E-state index in [1.54, 1.807) is 48.5 Å². The third-order valence-electron chi connectivity index (χ3n) is 5.80. The van der Waals surface area contributed by atoms with Gasteiger partial charge in [-0.2, -0.15) is 0 Å². The average molecular weight is 472 g/mol. The van der Waals surface area contributed by atoms with Crippen LogP contribution in [0.15, 0.2) is 84.4 Å². The zero-order chi connectivity index (χ0) is 24.9. The van der Waals surface area contributed by atoms with Gasteiger partial charge < -0.3 is 19.5 Å². The minimum Gasteiger partial charge on any atom is -0.507 e. The van der Waals surface area contributed by atoms with Gasteiger partial charge in [0.05, 0.1) is 30.9 Å². The van der Waals surface area contributed by atoms with E-state index in [1.165, 1.54) is 12.0 Å². The van der Waals surface area contributed by atoms with Crippen molar-refractivity contribution in [3.05, 3.63) is 107 Å². The van der Waals surface area contributed by atoms with Crippen LogP contribution in [0.4, 0.5) is 0 Å². The number of carbonyl (C=O) groups excluding carboxylic acids is 3. The number of aliphatic hydroxyl groups excluding tert-OH is 1. The number of aliphatic hydroxyl groups is 1. The van der Waals surface area contributed by atoms with Gasteiger partial charge in [-0.25, -0.2) is 4.79 Å². The Morgan fingerprint density at radius 1 is 0.943 bits per heavy atom. The molecule has 35 heavy (non-hydrogen) atoms. The van der Waals surface area contributed by atoms with Crippen molar-refractivity contribution in [2.75, 3.05) is 13.7 Å². The van der Waals surface area contributed by atoms with Gasteiger partial charge in [0.2, 0.25) is 0 Å². The number of esters is 1. The number of likely N-dealkylation sites (tertiary alicyclic amines) is 1. The molecule has 178 valence electrons. The third-order valence-corrected chi connectivity index (χ3v) is 5.80. The molecule has 0 spiro atoms. The Bertz CT molecular complexity index is 1280. The van der Waals surface area contributed by atoms with Crippen molar-refractivity contribution < 1.29 is 29.0 Å². The molecule has 3 aromatic rings. The van der Waals surface area contributed by atoms with Gasteiger partial charge >= 0.3 is 5.97 Å². The van der Waals surface area contributed by atoms with Gasteiger partial charge in [0, 0.05) is 12.1 Å². The first-order valence-corrected chi connectivity index (χ1v) is 11.2. The van der Waals surface area contributed by atoms with E-state index in [0.29, 0.717) is 29.0 Å². The zero-order valence-electron chi connectivity index (χ0n) is 19.4. The minimum absolute atomic E-state index is 0.0228. The minimum atomic E-state index is -0.849. The number of nitrogens with zero attached hydrogens (tertiary/aromatic N) is 1. The molecule has 1 atom stereocenters. The summed E-state index contributed by atoms with van der Waals surface area (Å²) >= 11 is 0. The molecule has 3 aromatic carbocycles. The van der Waals surface area contributed by atoms with Crippen LogP contribution in [0.1, 0.15) is 40.0 Å². The molecule has 0 aliphatic carbocycles. The molecule has 1 fully saturated rings. The van der Waals surface area contributed by atoms with Crippen LogP contribution in [0.2, 0.25) is 0 Å². The summed E-state index contributed by atoms with van der Waals surface area (Å²) in [6.07, 6.45) is 0. The molecule has 0 bridgehead atoms. The Morgan fingerprint density at radius 2 is 1.66 bits per heavy atom. The number of rotatable bonds is 7. The van der Waals surface area contributed by atoms with E-state index in [9.17, 15) is 19.5 Å². The van der Waals surface area contributed by atoms with Crippen LogP contribution < -0.4 is 4.74 Å². The first kappa shape index (κ1) is 23.8. The second-order valence-electron chi connectivity index (χ2n) is 7.99. The molecule has 1 amide bonds. The van der Waals surface area contributed by atoms with E-state index >= 15 is 0 Å². The molecule has 1 N–H and O–H groups in total. The van der Waals surface area contributed by atoms with Gasteiger partial charge in [-0.15, -0.1) is 0 Å². The van der Waals surface area contributed by atoms with E-state index < -0.39 is 23.7 Å². The maximum absolute atomic E-state index is 13.2. The first-order chi connectivity index (χ1) is 16.9. The first-order valence-electron chi connectivity index (χ1n) is 11.2. The maximum Gasteiger partial charge on any atom is 0.337 e. The van der Waals surface area contributed by atoms with Crippen molar-refractivity contribution in [2.45, 2.75) is 19.5 Å². The van der Waals surface area contributed by atoms with Gasteiger partial charge in [0.15, 0.2) is 0 Å². The van der Waals surface area contributed by atoms with Crippen LogP contribution in [0.3, 0.4) is 0 Å². The monoisotopic (exact) mass is 471 g/mol. The fourth-order valence-corrected chi connectivity index (χ4v) is 4.14. The van der Waals surface area contributed by atoms with Crippen molar-refractivity contribution in [1.29, 1.82) is 0 Å². The van der Waals surface area contributed by atoms with Crippen molar-refractivity contribution in [2.24, 2.45) is 0 Å². The topological polar surface area (TPSA) is 93.1 Å². The highest BCUT2D eigenvalue weighted by atomic mass is 16.5. The Balaban J connectivity index is 1.84. The summed E-state index contributed by atoms with van der Waals surface area (Å²) in [5, 5.41) is 11.2. The molecule has 1 unspecified atom stereocenters. The lowest BCUT2D eigenvalue weighted by atomic mass is 9.94. The van der Waals surface area contributed by atoms with Gasteiger partial charge in [0.25, 0.3) is 11.7 Å². The average Bonchev–Trinajstić information content (AvgIpc) is 3.13. The number of hydrogen-bond donors (Lipinski definition) is 1. The number of methoxy groups -OCH3 is 1. The summed E-state index contributed by atoms with van der Waals surface area (Å²) in [4.78, 5) is 39.7. The van der Waals surface area contributed by atoms with Gasteiger partial charge in [0.1, 0.15) is 11.5 Å². The van der Waals surface area contributed by atoms with Crippen LogP contribution in [-0.2, 0) is 20.9 Å². The fourth-order valence-electron chi connectivity index (χ4n) is 4.14. The second-order valence-corrected chi connectivity index (χ2v) is 7.99. The quantitative estimate of drug-likeness (QED) is 0.236. The van der Waals surface area contributed by atoms with Gasteiger partial charge in [-0.3, -0.25) is 9.59 Å². The summed E-state index contributed by atoms with van der Waals surface area (Å²) in [5.74, 6) is -1.74. The lowest BCUT2D eigenvalue weighted by Gasteiger charge is -2.25. The second kappa shape index (κ2) is 10.3. The molecular formula is C28H25NO6. The van der Waals surface area contributed by atoms with Crippen LogP contribution >= 0.6 is 0 Å². The Morgan fingerprint density at radius 3 is 2.31 bits per heavy atom. The molecule has 1 heterocycles. The van der Waals surface area contributed by atoms with Crippen LogP contribution in [0.25, 0.3) is 5.76 Å². The van der Waals surface area contributed by atoms with E-state index in [2.05, 4.69) is 0 Å². The van der Waals surface area contributed by atoms with Crippen LogP contribution in [0.5, 0.6) is 5.75 Å². The lowest BCUT2D eigenvalue weighted by molar-refractivity contribution is -0.140. The number of benzene rings is 3. The molecule has 1 aliphatic rings. The summed E-state index contributed by atoms with van der Waals surface area (Å²) in [7, 11) is 1.29.